The molecule has 90 valence electrons. The van der Waals surface area contributed by atoms with E-state index >= 15 is 0 Å². The second kappa shape index (κ2) is 6.01. The monoisotopic (exact) mass is 223 g/mol. The first-order chi connectivity index (χ1) is 7.88. The summed E-state index contributed by atoms with van der Waals surface area (Å²) in [6, 6.07) is 0.627. The van der Waals surface area contributed by atoms with Crippen molar-refractivity contribution in [3.05, 3.63) is 18.7 Å². The highest BCUT2D eigenvalue weighted by molar-refractivity contribution is 4.79. The summed E-state index contributed by atoms with van der Waals surface area (Å²) >= 11 is 0. The van der Waals surface area contributed by atoms with Crippen molar-refractivity contribution in [1.82, 2.24) is 14.9 Å². The minimum absolute atomic E-state index is 0.458. The van der Waals surface area contributed by atoms with E-state index in [0.717, 1.165) is 19.5 Å². The van der Waals surface area contributed by atoms with E-state index in [0.29, 0.717) is 12.1 Å². The molecule has 0 aliphatic heterocycles. The number of rotatable bonds is 5. The van der Waals surface area contributed by atoms with Crippen molar-refractivity contribution in [2.45, 2.75) is 44.4 Å². The fourth-order valence-electron chi connectivity index (χ4n) is 2.36. The fourth-order valence-corrected chi connectivity index (χ4v) is 2.36. The normalized spacial score (nSPS) is 25.8. The molecule has 1 N–H and O–H groups in total. The van der Waals surface area contributed by atoms with Crippen molar-refractivity contribution >= 4 is 0 Å². The fraction of sp³-hybridized carbons (Fsp3) is 0.750. The number of nitrogens with zero attached hydrogens (tertiary/aromatic N) is 2. The van der Waals surface area contributed by atoms with E-state index in [1.54, 1.807) is 0 Å². The number of methoxy groups -OCH3 is 1. The summed E-state index contributed by atoms with van der Waals surface area (Å²) in [5.41, 5.74) is 0. The van der Waals surface area contributed by atoms with Gasteiger partial charge in [0.2, 0.25) is 0 Å². The Bertz CT molecular complexity index is 286. The molecule has 4 nitrogen and oxygen atoms in total. The zero-order valence-corrected chi connectivity index (χ0v) is 9.93. The van der Waals surface area contributed by atoms with Crippen molar-refractivity contribution in [1.29, 1.82) is 0 Å². The molecule has 4 heteroatoms. The highest BCUT2D eigenvalue weighted by Gasteiger charge is 2.20. The van der Waals surface area contributed by atoms with Gasteiger partial charge in [-0.05, 0) is 25.7 Å². The van der Waals surface area contributed by atoms with Crippen molar-refractivity contribution in [3.63, 3.8) is 0 Å². The maximum absolute atomic E-state index is 5.42. The lowest BCUT2D eigenvalue weighted by atomic mass is 9.93. The molecule has 2 unspecified atom stereocenters. The number of imidazole rings is 1. The molecule has 0 amide bonds. The number of hydrogen-bond donors (Lipinski definition) is 1. The van der Waals surface area contributed by atoms with Gasteiger partial charge < -0.3 is 14.6 Å². The molecule has 2 rings (SSSR count). The van der Waals surface area contributed by atoms with Crippen molar-refractivity contribution in [2.24, 2.45) is 0 Å². The van der Waals surface area contributed by atoms with Crippen LogP contribution in [0, 0.1) is 0 Å². The molecular weight excluding hydrogens is 202 g/mol. The van der Waals surface area contributed by atoms with Crippen LogP contribution >= 0.6 is 0 Å². The minimum atomic E-state index is 0.458. The molecule has 0 aromatic carbocycles. The van der Waals surface area contributed by atoms with E-state index in [1.165, 1.54) is 19.3 Å². The average Bonchev–Trinajstić information content (AvgIpc) is 2.82. The van der Waals surface area contributed by atoms with Gasteiger partial charge in [0.1, 0.15) is 0 Å². The third-order valence-electron chi connectivity index (χ3n) is 3.32. The van der Waals surface area contributed by atoms with Crippen molar-refractivity contribution < 1.29 is 4.74 Å². The molecule has 16 heavy (non-hydrogen) atoms. The second-order valence-electron chi connectivity index (χ2n) is 4.48. The molecular formula is C12H21N3O. The molecule has 1 aromatic heterocycles. The molecule has 1 saturated carbocycles. The Morgan fingerprint density at radius 3 is 3.19 bits per heavy atom. The van der Waals surface area contributed by atoms with Crippen LogP contribution in [0.2, 0.25) is 0 Å². The number of aromatic nitrogens is 2. The number of nitrogens with one attached hydrogen (secondary N) is 1. The lowest BCUT2D eigenvalue weighted by molar-refractivity contribution is 0.0588. The Hall–Kier alpha value is -0.870. The lowest BCUT2D eigenvalue weighted by Gasteiger charge is -2.28. The van der Waals surface area contributed by atoms with Gasteiger partial charge in [-0.3, -0.25) is 0 Å². The number of hydrogen-bond acceptors (Lipinski definition) is 3. The molecule has 1 aliphatic rings. The van der Waals surface area contributed by atoms with Gasteiger partial charge in [0, 0.05) is 38.6 Å². The summed E-state index contributed by atoms with van der Waals surface area (Å²) < 4.78 is 7.52. The quantitative estimate of drug-likeness (QED) is 0.820. The van der Waals surface area contributed by atoms with Crippen LogP contribution in [0.3, 0.4) is 0 Å². The standard InChI is InChI=1S/C12H21N3O/c1-16-12-4-2-3-11(9-12)14-6-8-15-7-5-13-10-15/h5,7,10-12,14H,2-4,6,8-9H2,1H3. The highest BCUT2D eigenvalue weighted by Crippen LogP contribution is 2.20. The van der Waals surface area contributed by atoms with E-state index in [-0.39, 0.29) is 0 Å². The summed E-state index contributed by atoms with van der Waals surface area (Å²) in [7, 11) is 1.82. The third-order valence-corrected chi connectivity index (χ3v) is 3.32. The van der Waals surface area contributed by atoms with Gasteiger partial charge in [0.15, 0.2) is 0 Å². The molecule has 1 heterocycles. The van der Waals surface area contributed by atoms with E-state index in [1.807, 2.05) is 25.8 Å². The maximum Gasteiger partial charge on any atom is 0.0946 e. The molecule has 1 aliphatic carbocycles. The summed E-state index contributed by atoms with van der Waals surface area (Å²) in [5, 5.41) is 3.60. The van der Waals surface area contributed by atoms with Crippen LogP contribution in [0.1, 0.15) is 25.7 Å². The van der Waals surface area contributed by atoms with Gasteiger partial charge >= 0.3 is 0 Å². The van der Waals surface area contributed by atoms with Crippen LogP contribution < -0.4 is 5.32 Å². The van der Waals surface area contributed by atoms with Gasteiger partial charge in [0.05, 0.1) is 12.4 Å². The largest absolute Gasteiger partial charge is 0.381 e. The predicted octanol–water partition coefficient (Wildman–Crippen LogP) is 1.43. The average molecular weight is 223 g/mol. The Morgan fingerprint density at radius 2 is 2.44 bits per heavy atom. The van der Waals surface area contributed by atoms with Gasteiger partial charge in [-0.15, -0.1) is 0 Å². The van der Waals surface area contributed by atoms with Crippen LogP contribution in [-0.4, -0.2) is 35.4 Å². The Morgan fingerprint density at radius 1 is 1.50 bits per heavy atom. The Kier molecular flexibility index (Phi) is 4.36. The van der Waals surface area contributed by atoms with Gasteiger partial charge in [-0.25, -0.2) is 4.98 Å². The lowest BCUT2D eigenvalue weighted by Crippen LogP contribution is -2.38. The van der Waals surface area contributed by atoms with E-state index in [4.69, 9.17) is 4.74 Å². The molecule has 0 radical (unpaired) electrons. The zero-order chi connectivity index (χ0) is 11.2. The Balaban J connectivity index is 1.65. The summed E-state index contributed by atoms with van der Waals surface area (Å²) in [6.45, 7) is 2.01. The van der Waals surface area contributed by atoms with E-state index < -0.39 is 0 Å². The first-order valence-electron chi connectivity index (χ1n) is 6.10. The van der Waals surface area contributed by atoms with Gasteiger partial charge in [-0.2, -0.15) is 0 Å². The summed E-state index contributed by atoms with van der Waals surface area (Å²) in [4.78, 5) is 4.03. The highest BCUT2D eigenvalue weighted by atomic mass is 16.5. The minimum Gasteiger partial charge on any atom is -0.381 e. The number of ether oxygens (including phenoxy) is 1. The van der Waals surface area contributed by atoms with Crippen LogP contribution in [0.5, 0.6) is 0 Å². The first kappa shape index (κ1) is 11.6. The molecule has 1 fully saturated rings. The summed E-state index contributed by atoms with van der Waals surface area (Å²) in [6.07, 6.45) is 11.1. The molecule has 0 saturated heterocycles. The third kappa shape index (κ3) is 3.32. The van der Waals surface area contributed by atoms with Crippen molar-refractivity contribution in [2.75, 3.05) is 13.7 Å². The topological polar surface area (TPSA) is 39.1 Å². The van der Waals surface area contributed by atoms with Crippen LogP contribution in [0.25, 0.3) is 0 Å². The van der Waals surface area contributed by atoms with Crippen molar-refractivity contribution in [3.8, 4) is 0 Å². The zero-order valence-electron chi connectivity index (χ0n) is 9.93. The molecule has 0 spiro atoms. The maximum atomic E-state index is 5.42. The van der Waals surface area contributed by atoms with E-state index in [2.05, 4.69) is 14.9 Å². The van der Waals surface area contributed by atoms with Gasteiger partial charge in [-0.1, -0.05) is 0 Å². The predicted molar refractivity (Wildman–Crippen MR) is 63.3 cm³/mol. The second-order valence-corrected chi connectivity index (χ2v) is 4.48. The Labute approximate surface area is 97.0 Å². The molecule has 2 atom stereocenters. The van der Waals surface area contributed by atoms with Crippen LogP contribution in [0.15, 0.2) is 18.7 Å². The smallest absolute Gasteiger partial charge is 0.0946 e. The van der Waals surface area contributed by atoms with E-state index in [9.17, 15) is 0 Å². The SMILES string of the molecule is COC1CCCC(NCCn2ccnc2)C1. The van der Waals surface area contributed by atoms with Gasteiger partial charge in [0.25, 0.3) is 0 Å². The molecule has 0 bridgehead atoms. The molecule has 1 aromatic rings. The van der Waals surface area contributed by atoms with Crippen LogP contribution in [0.4, 0.5) is 0 Å². The van der Waals surface area contributed by atoms with Crippen LogP contribution in [-0.2, 0) is 11.3 Å². The summed E-state index contributed by atoms with van der Waals surface area (Å²) in [5.74, 6) is 0. The first-order valence-corrected chi connectivity index (χ1v) is 6.10.